The first-order valence-electron chi connectivity index (χ1n) is 6.01. The molecule has 1 saturated heterocycles. The normalized spacial score (nSPS) is 17.7. The van der Waals surface area contributed by atoms with Crippen LogP contribution in [0.2, 0.25) is 0 Å². The summed E-state index contributed by atoms with van der Waals surface area (Å²) < 4.78 is 1.15. The minimum Gasteiger partial charge on any atom is -0.360 e. The first-order chi connectivity index (χ1) is 8.33. The summed E-state index contributed by atoms with van der Waals surface area (Å²) in [5.74, 6) is 0. The summed E-state index contributed by atoms with van der Waals surface area (Å²) in [5, 5.41) is 4.66. The Labute approximate surface area is 109 Å². The predicted octanol–water partition coefficient (Wildman–Crippen LogP) is 2.34. The molecule has 0 bridgehead atoms. The highest BCUT2D eigenvalue weighted by molar-refractivity contribution is 9.10. The maximum Gasteiger partial charge on any atom is 0.0465 e. The SMILES string of the molecule is Brc1c[nH]c2ccc(CN3CCNCC3)cc12. The summed E-state index contributed by atoms with van der Waals surface area (Å²) in [7, 11) is 0. The Morgan fingerprint density at radius 1 is 1.24 bits per heavy atom. The Kier molecular flexibility index (Phi) is 3.18. The van der Waals surface area contributed by atoms with Crippen LogP contribution in [-0.2, 0) is 6.54 Å². The number of fused-ring (bicyclic) bond motifs is 1. The molecule has 90 valence electrons. The second-order valence-corrected chi connectivity index (χ2v) is 5.40. The van der Waals surface area contributed by atoms with E-state index < -0.39 is 0 Å². The number of aromatic nitrogens is 1. The zero-order valence-corrected chi connectivity index (χ0v) is 11.3. The van der Waals surface area contributed by atoms with Gasteiger partial charge in [-0.3, -0.25) is 4.90 Å². The average molecular weight is 294 g/mol. The number of halogens is 1. The molecule has 0 unspecified atom stereocenters. The van der Waals surface area contributed by atoms with E-state index in [2.05, 4.69) is 49.3 Å². The Balaban J connectivity index is 1.82. The van der Waals surface area contributed by atoms with Crippen molar-refractivity contribution in [2.24, 2.45) is 0 Å². The van der Waals surface area contributed by atoms with E-state index in [1.54, 1.807) is 0 Å². The van der Waals surface area contributed by atoms with Gasteiger partial charge in [0.2, 0.25) is 0 Å². The van der Waals surface area contributed by atoms with Gasteiger partial charge in [0.1, 0.15) is 0 Å². The van der Waals surface area contributed by atoms with Gasteiger partial charge < -0.3 is 10.3 Å². The van der Waals surface area contributed by atoms with Crippen molar-refractivity contribution in [2.75, 3.05) is 26.2 Å². The van der Waals surface area contributed by atoms with Crippen LogP contribution in [0, 0.1) is 0 Å². The molecule has 2 N–H and O–H groups in total. The minimum atomic E-state index is 1.05. The monoisotopic (exact) mass is 293 g/mol. The summed E-state index contributed by atoms with van der Waals surface area (Å²) in [6.07, 6.45) is 2.00. The van der Waals surface area contributed by atoms with Crippen LogP contribution in [0.3, 0.4) is 0 Å². The molecule has 0 aliphatic carbocycles. The molecular weight excluding hydrogens is 278 g/mol. The first-order valence-corrected chi connectivity index (χ1v) is 6.81. The van der Waals surface area contributed by atoms with Crippen molar-refractivity contribution in [3.63, 3.8) is 0 Å². The molecule has 1 fully saturated rings. The maximum absolute atomic E-state index is 3.57. The minimum absolute atomic E-state index is 1.05. The van der Waals surface area contributed by atoms with Gasteiger partial charge in [-0.2, -0.15) is 0 Å². The number of rotatable bonds is 2. The molecule has 0 spiro atoms. The zero-order chi connectivity index (χ0) is 11.7. The number of hydrogen-bond donors (Lipinski definition) is 2. The molecule has 4 heteroatoms. The summed E-state index contributed by atoms with van der Waals surface area (Å²) >= 11 is 3.57. The lowest BCUT2D eigenvalue weighted by Gasteiger charge is -2.27. The lowest BCUT2D eigenvalue weighted by molar-refractivity contribution is 0.233. The van der Waals surface area contributed by atoms with Crippen molar-refractivity contribution >= 4 is 26.8 Å². The van der Waals surface area contributed by atoms with Crippen LogP contribution >= 0.6 is 15.9 Å². The van der Waals surface area contributed by atoms with Crippen molar-refractivity contribution in [1.29, 1.82) is 0 Å². The molecule has 2 aromatic rings. The van der Waals surface area contributed by atoms with Crippen molar-refractivity contribution in [1.82, 2.24) is 15.2 Å². The van der Waals surface area contributed by atoms with Crippen LogP contribution < -0.4 is 5.32 Å². The third-order valence-corrected chi connectivity index (χ3v) is 3.97. The van der Waals surface area contributed by atoms with Crippen molar-refractivity contribution < 1.29 is 0 Å². The van der Waals surface area contributed by atoms with E-state index >= 15 is 0 Å². The lowest BCUT2D eigenvalue weighted by atomic mass is 10.1. The summed E-state index contributed by atoms with van der Waals surface area (Å²) in [6.45, 7) is 5.56. The van der Waals surface area contributed by atoms with Gasteiger partial charge in [-0.1, -0.05) is 6.07 Å². The van der Waals surface area contributed by atoms with Gasteiger partial charge in [-0.05, 0) is 33.6 Å². The molecule has 1 aromatic heterocycles. The fourth-order valence-corrected chi connectivity index (χ4v) is 2.80. The number of nitrogens with one attached hydrogen (secondary N) is 2. The average Bonchev–Trinajstić information content (AvgIpc) is 2.73. The Morgan fingerprint density at radius 3 is 2.88 bits per heavy atom. The lowest BCUT2D eigenvalue weighted by Crippen LogP contribution is -2.42. The number of aromatic amines is 1. The predicted molar refractivity (Wildman–Crippen MR) is 74.1 cm³/mol. The topological polar surface area (TPSA) is 31.1 Å². The molecule has 0 amide bonds. The zero-order valence-electron chi connectivity index (χ0n) is 9.67. The standard InChI is InChI=1S/C13H16BrN3/c14-12-8-16-13-2-1-10(7-11(12)13)9-17-5-3-15-4-6-17/h1-2,7-8,15-16H,3-6,9H2. The number of nitrogens with zero attached hydrogens (tertiary/aromatic N) is 1. The molecule has 3 nitrogen and oxygen atoms in total. The van der Waals surface area contributed by atoms with Gasteiger partial charge >= 0.3 is 0 Å². The fourth-order valence-electron chi connectivity index (χ4n) is 2.36. The molecule has 3 rings (SSSR count). The molecular formula is C13H16BrN3. The smallest absolute Gasteiger partial charge is 0.0465 e. The molecule has 2 heterocycles. The summed E-state index contributed by atoms with van der Waals surface area (Å²) in [6, 6.07) is 6.66. The van der Waals surface area contributed by atoms with E-state index in [-0.39, 0.29) is 0 Å². The van der Waals surface area contributed by atoms with Crippen LogP contribution in [0.15, 0.2) is 28.9 Å². The number of hydrogen-bond acceptors (Lipinski definition) is 2. The van der Waals surface area contributed by atoms with E-state index in [1.807, 2.05) is 6.20 Å². The van der Waals surface area contributed by atoms with E-state index in [0.717, 1.165) is 37.2 Å². The van der Waals surface area contributed by atoms with Gasteiger partial charge in [0.05, 0.1) is 0 Å². The molecule has 0 saturated carbocycles. The molecule has 0 radical (unpaired) electrons. The molecule has 1 aliphatic rings. The van der Waals surface area contributed by atoms with Crippen molar-refractivity contribution in [2.45, 2.75) is 6.54 Å². The molecule has 17 heavy (non-hydrogen) atoms. The first kappa shape index (κ1) is 11.3. The number of benzene rings is 1. The fraction of sp³-hybridized carbons (Fsp3) is 0.385. The summed E-state index contributed by atoms with van der Waals surface area (Å²) in [4.78, 5) is 5.75. The maximum atomic E-state index is 3.57. The highest BCUT2D eigenvalue weighted by Gasteiger charge is 2.10. The van der Waals surface area contributed by atoms with Gasteiger partial charge in [-0.15, -0.1) is 0 Å². The van der Waals surface area contributed by atoms with E-state index in [1.165, 1.54) is 16.5 Å². The van der Waals surface area contributed by atoms with Crippen LogP contribution in [0.1, 0.15) is 5.56 Å². The second-order valence-electron chi connectivity index (χ2n) is 4.54. The Hall–Kier alpha value is -0.840. The highest BCUT2D eigenvalue weighted by Crippen LogP contribution is 2.24. The third kappa shape index (κ3) is 2.39. The molecule has 1 aromatic carbocycles. The van der Waals surface area contributed by atoms with Crippen LogP contribution in [0.5, 0.6) is 0 Å². The van der Waals surface area contributed by atoms with Crippen molar-refractivity contribution in [3.05, 3.63) is 34.4 Å². The van der Waals surface area contributed by atoms with Gasteiger partial charge in [0, 0.05) is 54.3 Å². The quantitative estimate of drug-likeness (QED) is 0.890. The van der Waals surface area contributed by atoms with Crippen molar-refractivity contribution in [3.8, 4) is 0 Å². The van der Waals surface area contributed by atoms with E-state index in [0.29, 0.717) is 0 Å². The molecule has 1 aliphatic heterocycles. The number of piperazine rings is 1. The van der Waals surface area contributed by atoms with Crippen LogP contribution in [-0.4, -0.2) is 36.1 Å². The Morgan fingerprint density at radius 2 is 2.06 bits per heavy atom. The third-order valence-electron chi connectivity index (χ3n) is 3.31. The van der Waals surface area contributed by atoms with E-state index in [4.69, 9.17) is 0 Å². The van der Waals surface area contributed by atoms with Gasteiger partial charge in [0.25, 0.3) is 0 Å². The van der Waals surface area contributed by atoms with E-state index in [9.17, 15) is 0 Å². The van der Waals surface area contributed by atoms with Crippen LogP contribution in [0.4, 0.5) is 0 Å². The molecule has 0 atom stereocenters. The number of H-pyrrole nitrogens is 1. The van der Waals surface area contributed by atoms with Crippen LogP contribution in [0.25, 0.3) is 10.9 Å². The van der Waals surface area contributed by atoms with Gasteiger partial charge in [0.15, 0.2) is 0 Å². The summed E-state index contributed by atoms with van der Waals surface area (Å²) in [5.41, 5.74) is 2.58. The Bertz CT molecular complexity index is 514. The second kappa shape index (κ2) is 4.80. The highest BCUT2D eigenvalue weighted by atomic mass is 79.9. The largest absolute Gasteiger partial charge is 0.360 e. The van der Waals surface area contributed by atoms with Gasteiger partial charge in [-0.25, -0.2) is 0 Å².